The van der Waals surface area contributed by atoms with Crippen LogP contribution in [0, 0.1) is 6.92 Å². The molecule has 0 saturated heterocycles. The number of aryl methyl sites for hydroxylation is 2. The molecule has 4 aromatic rings. The maximum Gasteiger partial charge on any atom is 0.214 e. The summed E-state index contributed by atoms with van der Waals surface area (Å²) in [6.45, 7) is 2.14. The summed E-state index contributed by atoms with van der Waals surface area (Å²) in [6, 6.07) is 16.7. The molecule has 4 rings (SSSR count). The highest BCUT2D eigenvalue weighted by atomic mass is 15.0. The van der Waals surface area contributed by atoms with Crippen LogP contribution in [-0.4, -0.2) is 9.38 Å². The Hall–Kier alpha value is -2.68. The fraction of sp³-hybridized carbons (Fsp3) is 0.111. The SMILES string of the molecule is Cc1ccccc1-c1cc2nc3ccccn3c2c[n+]1C. The molecule has 3 heteroatoms. The highest BCUT2D eigenvalue weighted by Crippen LogP contribution is 2.23. The van der Waals surface area contributed by atoms with E-state index in [1.54, 1.807) is 0 Å². The van der Waals surface area contributed by atoms with Gasteiger partial charge in [0.2, 0.25) is 5.69 Å². The third-order valence-corrected chi connectivity index (χ3v) is 3.99. The lowest BCUT2D eigenvalue weighted by Gasteiger charge is -2.04. The minimum Gasteiger partial charge on any atom is -0.295 e. The van der Waals surface area contributed by atoms with E-state index in [2.05, 4.69) is 65.7 Å². The van der Waals surface area contributed by atoms with Crippen LogP contribution >= 0.6 is 0 Å². The van der Waals surface area contributed by atoms with Gasteiger partial charge >= 0.3 is 0 Å². The average Bonchev–Trinajstić information content (AvgIpc) is 2.85. The van der Waals surface area contributed by atoms with Crippen LogP contribution in [0.5, 0.6) is 0 Å². The minimum atomic E-state index is 0.981. The first-order chi connectivity index (χ1) is 10.2. The van der Waals surface area contributed by atoms with Gasteiger partial charge in [-0.25, -0.2) is 4.98 Å². The number of pyridine rings is 2. The monoisotopic (exact) mass is 274 g/mol. The summed E-state index contributed by atoms with van der Waals surface area (Å²) in [7, 11) is 2.09. The topological polar surface area (TPSA) is 21.2 Å². The molecule has 0 spiro atoms. The first kappa shape index (κ1) is 12.1. The van der Waals surface area contributed by atoms with E-state index in [4.69, 9.17) is 4.98 Å². The van der Waals surface area contributed by atoms with Gasteiger partial charge in [-0.2, -0.15) is 4.57 Å². The zero-order valence-electron chi connectivity index (χ0n) is 12.1. The van der Waals surface area contributed by atoms with Gasteiger partial charge in [0.15, 0.2) is 6.20 Å². The average molecular weight is 274 g/mol. The van der Waals surface area contributed by atoms with Gasteiger partial charge in [0, 0.05) is 17.8 Å². The molecule has 0 fully saturated rings. The Morgan fingerprint density at radius 2 is 1.86 bits per heavy atom. The van der Waals surface area contributed by atoms with E-state index in [0.29, 0.717) is 0 Å². The van der Waals surface area contributed by atoms with Crippen LogP contribution in [0.4, 0.5) is 0 Å². The molecule has 3 aromatic heterocycles. The number of hydrogen-bond donors (Lipinski definition) is 0. The Morgan fingerprint density at radius 3 is 2.71 bits per heavy atom. The first-order valence-electron chi connectivity index (χ1n) is 7.06. The zero-order valence-corrected chi connectivity index (χ0v) is 12.1. The number of fused-ring (bicyclic) bond motifs is 3. The van der Waals surface area contributed by atoms with Gasteiger partial charge in [-0.15, -0.1) is 0 Å². The van der Waals surface area contributed by atoms with Crippen LogP contribution in [0.25, 0.3) is 27.9 Å². The molecule has 21 heavy (non-hydrogen) atoms. The summed E-state index contributed by atoms with van der Waals surface area (Å²) in [6.07, 6.45) is 4.20. The molecule has 0 amide bonds. The lowest BCUT2D eigenvalue weighted by Crippen LogP contribution is -2.30. The Kier molecular flexibility index (Phi) is 2.54. The van der Waals surface area contributed by atoms with E-state index in [9.17, 15) is 0 Å². The van der Waals surface area contributed by atoms with Gasteiger partial charge in [0.25, 0.3) is 0 Å². The smallest absolute Gasteiger partial charge is 0.214 e. The first-order valence-corrected chi connectivity index (χ1v) is 7.06. The van der Waals surface area contributed by atoms with E-state index in [1.165, 1.54) is 16.8 Å². The third kappa shape index (κ3) is 1.82. The van der Waals surface area contributed by atoms with Crippen molar-refractivity contribution in [2.24, 2.45) is 7.05 Å². The second kappa shape index (κ2) is 4.42. The molecular formula is C18H16N3+. The molecule has 0 N–H and O–H groups in total. The molecule has 0 bridgehead atoms. The van der Waals surface area contributed by atoms with Crippen LogP contribution in [0.1, 0.15) is 5.56 Å². The van der Waals surface area contributed by atoms with Crippen LogP contribution < -0.4 is 4.57 Å². The summed E-state index contributed by atoms with van der Waals surface area (Å²) < 4.78 is 4.29. The summed E-state index contributed by atoms with van der Waals surface area (Å²) in [4.78, 5) is 4.72. The van der Waals surface area contributed by atoms with Gasteiger partial charge in [0.1, 0.15) is 23.7 Å². The van der Waals surface area contributed by atoms with Crippen molar-refractivity contribution in [3.8, 4) is 11.3 Å². The molecule has 3 heterocycles. The number of hydrogen-bond acceptors (Lipinski definition) is 1. The number of benzene rings is 1. The fourth-order valence-corrected chi connectivity index (χ4v) is 2.88. The second-order valence-corrected chi connectivity index (χ2v) is 5.40. The van der Waals surface area contributed by atoms with E-state index in [0.717, 1.165) is 16.7 Å². The zero-order chi connectivity index (χ0) is 14.4. The molecule has 0 aliphatic heterocycles. The Balaban J connectivity index is 2.06. The molecule has 0 aliphatic carbocycles. The highest BCUT2D eigenvalue weighted by molar-refractivity contribution is 5.82. The quantitative estimate of drug-likeness (QED) is 0.488. The lowest BCUT2D eigenvalue weighted by atomic mass is 10.0. The number of aromatic nitrogens is 3. The standard InChI is InChI=1S/C18H16N3/c1-13-7-3-4-8-14(13)16-11-15-17(12-20(16)2)21-10-6-5-9-18(21)19-15/h3-12H,1-2H3/q+1. The normalized spacial score (nSPS) is 11.3. The highest BCUT2D eigenvalue weighted by Gasteiger charge is 2.16. The van der Waals surface area contributed by atoms with E-state index in [1.807, 2.05) is 18.2 Å². The van der Waals surface area contributed by atoms with E-state index < -0.39 is 0 Å². The molecule has 0 unspecified atom stereocenters. The van der Waals surface area contributed by atoms with Crippen molar-refractivity contribution < 1.29 is 4.57 Å². The fourth-order valence-electron chi connectivity index (χ4n) is 2.88. The molecule has 0 radical (unpaired) electrons. The van der Waals surface area contributed by atoms with Crippen LogP contribution in [-0.2, 0) is 7.05 Å². The molecule has 3 nitrogen and oxygen atoms in total. The molecule has 0 saturated carbocycles. The van der Waals surface area contributed by atoms with Gasteiger partial charge in [-0.05, 0) is 30.7 Å². The van der Waals surface area contributed by atoms with Crippen LogP contribution in [0.3, 0.4) is 0 Å². The molecule has 1 aromatic carbocycles. The van der Waals surface area contributed by atoms with Gasteiger partial charge in [0.05, 0.1) is 0 Å². The maximum atomic E-state index is 4.72. The minimum absolute atomic E-state index is 0.981. The Labute approximate surface area is 123 Å². The lowest BCUT2D eigenvalue weighted by molar-refractivity contribution is -0.659. The van der Waals surface area contributed by atoms with Crippen molar-refractivity contribution in [1.82, 2.24) is 9.38 Å². The molecule has 0 aliphatic rings. The third-order valence-electron chi connectivity index (χ3n) is 3.99. The second-order valence-electron chi connectivity index (χ2n) is 5.40. The summed E-state index contributed by atoms with van der Waals surface area (Å²) >= 11 is 0. The number of rotatable bonds is 1. The molecule has 102 valence electrons. The van der Waals surface area contributed by atoms with Gasteiger partial charge in [-0.1, -0.05) is 24.3 Å². The predicted molar refractivity (Wildman–Crippen MR) is 84.0 cm³/mol. The van der Waals surface area contributed by atoms with Crippen molar-refractivity contribution >= 4 is 16.7 Å². The van der Waals surface area contributed by atoms with Crippen LogP contribution in [0.2, 0.25) is 0 Å². The predicted octanol–water partition coefficient (Wildman–Crippen LogP) is 3.29. The van der Waals surface area contributed by atoms with Gasteiger partial charge < -0.3 is 0 Å². The van der Waals surface area contributed by atoms with Crippen molar-refractivity contribution in [2.45, 2.75) is 6.92 Å². The maximum absolute atomic E-state index is 4.72. The van der Waals surface area contributed by atoms with E-state index >= 15 is 0 Å². The summed E-state index contributed by atoms with van der Waals surface area (Å²) in [5.74, 6) is 0. The van der Waals surface area contributed by atoms with Crippen molar-refractivity contribution in [1.29, 1.82) is 0 Å². The Bertz CT molecular complexity index is 967. The van der Waals surface area contributed by atoms with Crippen molar-refractivity contribution in [3.05, 3.63) is 66.5 Å². The largest absolute Gasteiger partial charge is 0.295 e. The summed E-state index contributed by atoms with van der Waals surface area (Å²) in [5, 5.41) is 0. The van der Waals surface area contributed by atoms with Crippen molar-refractivity contribution in [3.63, 3.8) is 0 Å². The van der Waals surface area contributed by atoms with Gasteiger partial charge in [-0.3, -0.25) is 4.40 Å². The van der Waals surface area contributed by atoms with E-state index in [-0.39, 0.29) is 0 Å². The molecular weight excluding hydrogens is 258 g/mol. The van der Waals surface area contributed by atoms with Crippen molar-refractivity contribution in [2.75, 3.05) is 0 Å². The van der Waals surface area contributed by atoms with Crippen LogP contribution in [0.15, 0.2) is 60.9 Å². The number of nitrogens with zero attached hydrogens (tertiary/aromatic N) is 3. The molecule has 0 atom stereocenters. The Morgan fingerprint density at radius 1 is 1.05 bits per heavy atom. The summed E-state index contributed by atoms with van der Waals surface area (Å²) in [5.41, 5.74) is 6.84. The number of imidazole rings is 1.